The van der Waals surface area contributed by atoms with Crippen LogP contribution in [0.3, 0.4) is 0 Å². The summed E-state index contributed by atoms with van der Waals surface area (Å²) in [5.74, 6) is 0.686. The summed E-state index contributed by atoms with van der Waals surface area (Å²) in [4.78, 5) is 6.11. The number of hydrogen-bond acceptors (Lipinski definition) is 4. The molecule has 0 aliphatic rings. The number of benzene rings is 1. The number of rotatable bonds is 4. The number of nitrogen functional groups attached to an aromatic ring is 1. The van der Waals surface area contributed by atoms with Gasteiger partial charge in [-0.15, -0.1) is 0 Å². The largest absolute Gasteiger partial charge is 0.487 e. The Kier molecular flexibility index (Phi) is 4.27. The maximum absolute atomic E-state index is 5.92. The molecular weight excluding hydrogens is 306 g/mol. The lowest BCUT2D eigenvalue weighted by Crippen LogP contribution is -2.09. The average Bonchev–Trinajstić information content (AvgIpc) is 2.37. The molecule has 0 saturated heterocycles. The first-order chi connectivity index (χ1) is 9.06. The third-order valence-corrected chi connectivity index (χ3v) is 3.10. The molecule has 0 bridgehead atoms. The van der Waals surface area contributed by atoms with Crippen molar-refractivity contribution in [2.45, 2.75) is 6.61 Å². The van der Waals surface area contributed by atoms with Crippen LogP contribution in [0.2, 0.25) is 0 Å². The Morgan fingerprint density at radius 3 is 2.74 bits per heavy atom. The lowest BCUT2D eigenvalue weighted by molar-refractivity contribution is 0.307. The first-order valence-electron chi connectivity index (χ1n) is 5.85. The molecule has 0 unspecified atom stereocenters. The SMILES string of the molecule is CN(C)c1ccc(N)c(OCc2cncc(Br)c2)c1. The first kappa shape index (κ1) is 13.7. The summed E-state index contributed by atoms with van der Waals surface area (Å²) in [5.41, 5.74) is 8.59. The minimum absolute atomic E-state index is 0.438. The van der Waals surface area contributed by atoms with E-state index in [0.29, 0.717) is 18.0 Å². The van der Waals surface area contributed by atoms with Gasteiger partial charge in [0.05, 0.1) is 5.69 Å². The summed E-state index contributed by atoms with van der Waals surface area (Å²) in [5, 5.41) is 0. The molecule has 0 fully saturated rings. The molecule has 2 rings (SSSR count). The molecule has 4 nitrogen and oxygen atoms in total. The van der Waals surface area contributed by atoms with Gasteiger partial charge in [-0.05, 0) is 34.1 Å². The lowest BCUT2D eigenvalue weighted by Gasteiger charge is -2.15. The lowest BCUT2D eigenvalue weighted by atomic mass is 10.2. The van der Waals surface area contributed by atoms with Crippen LogP contribution in [0.5, 0.6) is 5.75 Å². The standard InChI is InChI=1S/C14H16BrN3O/c1-18(2)12-3-4-13(16)14(6-12)19-9-10-5-11(15)8-17-7-10/h3-8H,9,16H2,1-2H3. The van der Waals surface area contributed by atoms with Crippen molar-refractivity contribution in [3.05, 3.63) is 46.7 Å². The molecule has 100 valence electrons. The Labute approximate surface area is 121 Å². The Morgan fingerprint density at radius 1 is 1.26 bits per heavy atom. The highest BCUT2D eigenvalue weighted by molar-refractivity contribution is 9.10. The van der Waals surface area contributed by atoms with Gasteiger partial charge in [-0.1, -0.05) is 0 Å². The minimum atomic E-state index is 0.438. The average molecular weight is 322 g/mol. The quantitative estimate of drug-likeness (QED) is 0.879. The van der Waals surface area contributed by atoms with Gasteiger partial charge in [0.1, 0.15) is 12.4 Å². The van der Waals surface area contributed by atoms with Gasteiger partial charge in [-0.3, -0.25) is 4.98 Å². The van der Waals surface area contributed by atoms with Crippen molar-refractivity contribution in [2.75, 3.05) is 24.7 Å². The van der Waals surface area contributed by atoms with Crippen molar-refractivity contribution in [3.63, 3.8) is 0 Å². The van der Waals surface area contributed by atoms with Crippen LogP contribution >= 0.6 is 15.9 Å². The van der Waals surface area contributed by atoms with E-state index in [1.165, 1.54) is 0 Å². The number of anilines is 2. The van der Waals surface area contributed by atoms with Gasteiger partial charge in [0.25, 0.3) is 0 Å². The number of nitrogens with zero attached hydrogens (tertiary/aromatic N) is 2. The monoisotopic (exact) mass is 321 g/mol. The zero-order valence-electron chi connectivity index (χ0n) is 10.9. The molecule has 2 N–H and O–H groups in total. The molecule has 5 heteroatoms. The van der Waals surface area contributed by atoms with Crippen molar-refractivity contribution in [1.29, 1.82) is 0 Å². The van der Waals surface area contributed by atoms with Crippen molar-refractivity contribution >= 4 is 27.3 Å². The van der Waals surface area contributed by atoms with E-state index in [1.807, 2.05) is 43.3 Å². The molecule has 2 aromatic rings. The van der Waals surface area contributed by atoms with Gasteiger partial charge in [0.2, 0.25) is 0 Å². The van der Waals surface area contributed by atoms with E-state index in [0.717, 1.165) is 15.7 Å². The molecule has 0 atom stereocenters. The van der Waals surface area contributed by atoms with E-state index in [2.05, 4.69) is 20.9 Å². The second kappa shape index (κ2) is 5.93. The highest BCUT2D eigenvalue weighted by Crippen LogP contribution is 2.27. The molecule has 19 heavy (non-hydrogen) atoms. The van der Waals surface area contributed by atoms with Gasteiger partial charge in [-0.25, -0.2) is 0 Å². The zero-order chi connectivity index (χ0) is 13.8. The molecular formula is C14H16BrN3O. The van der Waals surface area contributed by atoms with Crippen molar-refractivity contribution in [2.24, 2.45) is 0 Å². The predicted molar refractivity (Wildman–Crippen MR) is 81.5 cm³/mol. The summed E-state index contributed by atoms with van der Waals surface area (Å²) in [7, 11) is 3.96. The maximum atomic E-state index is 5.92. The molecule has 0 spiro atoms. The van der Waals surface area contributed by atoms with Gasteiger partial charge >= 0.3 is 0 Å². The number of nitrogens with two attached hydrogens (primary N) is 1. The van der Waals surface area contributed by atoms with Gasteiger partial charge < -0.3 is 15.4 Å². The Hall–Kier alpha value is -1.75. The van der Waals surface area contributed by atoms with Crippen LogP contribution in [0.1, 0.15) is 5.56 Å². The third-order valence-electron chi connectivity index (χ3n) is 2.67. The van der Waals surface area contributed by atoms with Gasteiger partial charge in [-0.2, -0.15) is 0 Å². The normalized spacial score (nSPS) is 10.3. The van der Waals surface area contributed by atoms with E-state index in [9.17, 15) is 0 Å². The van der Waals surface area contributed by atoms with Crippen LogP contribution in [0.4, 0.5) is 11.4 Å². The van der Waals surface area contributed by atoms with Crippen LogP contribution < -0.4 is 15.4 Å². The molecule has 1 aromatic carbocycles. The maximum Gasteiger partial charge on any atom is 0.144 e. The number of hydrogen-bond donors (Lipinski definition) is 1. The van der Waals surface area contributed by atoms with Crippen LogP contribution in [0.25, 0.3) is 0 Å². The smallest absolute Gasteiger partial charge is 0.144 e. The summed E-state index contributed by atoms with van der Waals surface area (Å²) < 4.78 is 6.69. The number of pyridine rings is 1. The fourth-order valence-corrected chi connectivity index (χ4v) is 2.03. The van der Waals surface area contributed by atoms with Crippen molar-refractivity contribution < 1.29 is 4.74 Å². The summed E-state index contributed by atoms with van der Waals surface area (Å²) in [6.45, 7) is 0.438. The van der Waals surface area contributed by atoms with E-state index in [4.69, 9.17) is 10.5 Å². The Bertz CT molecular complexity index is 572. The summed E-state index contributed by atoms with van der Waals surface area (Å²) >= 11 is 3.38. The van der Waals surface area contributed by atoms with Crippen LogP contribution in [-0.4, -0.2) is 19.1 Å². The van der Waals surface area contributed by atoms with Gasteiger partial charge in [0.15, 0.2) is 0 Å². The first-order valence-corrected chi connectivity index (χ1v) is 6.64. The molecule has 1 heterocycles. The molecule has 0 aliphatic heterocycles. The van der Waals surface area contributed by atoms with Crippen molar-refractivity contribution in [3.8, 4) is 5.75 Å². The van der Waals surface area contributed by atoms with E-state index in [-0.39, 0.29) is 0 Å². The zero-order valence-corrected chi connectivity index (χ0v) is 12.5. The van der Waals surface area contributed by atoms with Crippen LogP contribution in [0, 0.1) is 0 Å². The third kappa shape index (κ3) is 3.61. The summed E-state index contributed by atoms with van der Waals surface area (Å²) in [6, 6.07) is 7.71. The number of ether oxygens (including phenoxy) is 1. The Morgan fingerprint density at radius 2 is 2.05 bits per heavy atom. The second-order valence-corrected chi connectivity index (χ2v) is 5.33. The topological polar surface area (TPSA) is 51.4 Å². The number of aromatic nitrogens is 1. The van der Waals surface area contributed by atoms with Crippen LogP contribution in [-0.2, 0) is 6.61 Å². The fourth-order valence-electron chi connectivity index (χ4n) is 1.62. The van der Waals surface area contributed by atoms with Crippen LogP contribution in [0.15, 0.2) is 41.1 Å². The van der Waals surface area contributed by atoms with E-state index < -0.39 is 0 Å². The predicted octanol–water partition coefficient (Wildman–Crippen LogP) is 3.07. The Balaban J connectivity index is 2.12. The number of halogens is 1. The van der Waals surface area contributed by atoms with E-state index >= 15 is 0 Å². The minimum Gasteiger partial charge on any atom is -0.487 e. The molecule has 0 amide bonds. The molecule has 0 aliphatic carbocycles. The highest BCUT2D eigenvalue weighted by Gasteiger charge is 2.05. The second-order valence-electron chi connectivity index (χ2n) is 4.42. The highest BCUT2D eigenvalue weighted by atomic mass is 79.9. The molecule has 0 saturated carbocycles. The molecule has 0 radical (unpaired) electrons. The van der Waals surface area contributed by atoms with Crippen molar-refractivity contribution in [1.82, 2.24) is 4.98 Å². The summed E-state index contributed by atoms with van der Waals surface area (Å²) in [6.07, 6.45) is 3.52. The fraction of sp³-hybridized carbons (Fsp3) is 0.214. The van der Waals surface area contributed by atoms with E-state index in [1.54, 1.807) is 12.4 Å². The molecule has 1 aromatic heterocycles. The van der Waals surface area contributed by atoms with Gasteiger partial charge in [0, 0.05) is 48.3 Å².